The van der Waals surface area contributed by atoms with Crippen LogP contribution in [-0.4, -0.2) is 42.6 Å². The van der Waals surface area contributed by atoms with E-state index < -0.39 is 0 Å². The molecule has 1 saturated heterocycles. The Balaban J connectivity index is 1.71. The van der Waals surface area contributed by atoms with Gasteiger partial charge in [-0.3, -0.25) is 4.90 Å². The SMILES string of the molecule is N#CCc1c(C#N)c(N)nc(N2CCN(C/C=C/c3ccccc3)CC2)c1C#N. The number of nitrogen functional groups attached to an aromatic ring is 1. The molecule has 1 aliphatic rings. The maximum absolute atomic E-state index is 9.65. The summed E-state index contributed by atoms with van der Waals surface area (Å²) in [4.78, 5) is 8.66. The molecular weight excluding hydrogens is 362 g/mol. The molecule has 0 atom stereocenters. The maximum atomic E-state index is 9.65. The van der Waals surface area contributed by atoms with Gasteiger partial charge in [-0.05, 0) is 5.56 Å². The van der Waals surface area contributed by atoms with Gasteiger partial charge in [0.15, 0.2) is 0 Å². The third-order valence-corrected chi connectivity index (χ3v) is 4.93. The fourth-order valence-electron chi connectivity index (χ4n) is 3.41. The highest BCUT2D eigenvalue weighted by Gasteiger charge is 2.24. The van der Waals surface area contributed by atoms with E-state index in [-0.39, 0.29) is 23.4 Å². The molecule has 0 radical (unpaired) electrons. The van der Waals surface area contributed by atoms with Crippen molar-refractivity contribution in [1.82, 2.24) is 9.88 Å². The Morgan fingerprint density at radius 3 is 2.31 bits per heavy atom. The van der Waals surface area contributed by atoms with E-state index in [4.69, 9.17) is 11.0 Å². The summed E-state index contributed by atoms with van der Waals surface area (Å²) in [7, 11) is 0. The molecule has 0 spiro atoms. The van der Waals surface area contributed by atoms with Crippen LogP contribution in [0.2, 0.25) is 0 Å². The van der Waals surface area contributed by atoms with Crippen LogP contribution in [-0.2, 0) is 6.42 Å². The maximum Gasteiger partial charge on any atom is 0.149 e. The van der Waals surface area contributed by atoms with Gasteiger partial charge in [-0.2, -0.15) is 15.8 Å². The predicted molar refractivity (Wildman–Crippen MR) is 112 cm³/mol. The Morgan fingerprint density at radius 2 is 1.69 bits per heavy atom. The van der Waals surface area contributed by atoms with Crippen LogP contribution in [0.15, 0.2) is 36.4 Å². The summed E-state index contributed by atoms with van der Waals surface area (Å²) >= 11 is 0. The van der Waals surface area contributed by atoms with Crippen LogP contribution in [0.4, 0.5) is 11.6 Å². The molecule has 7 nitrogen and oxygen atoms in total. The number of nitriles is 3. The quantitative estimate of drug-likeness (QED) is 0.842. The molecule has 3 rings (SSSR count). The van der Waals surface area contributed by atoms with Gasteiger partial charge in [-0.15, -0.1) is 0 Å². The van der Waals surface area contributed by atoms with Crippen LogP contribution in [0.3, 0.4) is 0 Å². The van der Waals surface area contributed by atoms with Crippen LogP contribution < -0.4 is 10.6 Å². The number of nitrogens with two attached hydrogens (primary N) is 1. The summed E-state index contributed by atoms with van der Waals surface area (Å²) in [5.74, 6) is 0.536. The van der Waals surface area contributed by atoms with Gasteiger partial charge >= 0.3 is 0 Å². The summed E-state index contributed by atoms with van der Waals surface area (Å²) in [5.41, 5.74) is 7.88. The van der Waals surface area contributed by atoms with Crippen molar-refractivity contribution in [2.75, 3.05) is 43.4 Å². The highest BCUT2D eigenvalue weighted by Crippen LogP contribution is 2.28. The molecule has 1 fully saturated rings. The van der Waals surface area contributed by atoms with Crippen molar-refractivity contribution in [2.24, 2.45) is 0 Å². The van der Waals surface area contributed by atoms with E-state index in [0.717, 1.165) is 19.6 Å². The van der Waals surface area contributed by atoms with E-state index in [1.807, 2.05) is 35.2 Å². The number of nitrogens with zero attached hydrogens (tertiary/aromatic N) is 6. The van der Waals surface area contributed by atoms with Crippen molar-refractivity contribution in [3.8, 4) is 18.2 Å². The summed E-state index contributed by atoms with van der Waals surface area (Å²) in [6, 6.07) is 16.3. The normalized spacial score (nSPS) is 14.3. The minimum Gasteiger partial charge on any atom is -0.383 e. The van der Waals surface area contributed by atoms with Crippen molar-refractivity contribution in [3.05, 3.63) is 58.7 Å². The third-order valence-electron chi connectivity index (χ3n) is 4.93. The van der Waals surface area contributed by atoms with Gasteiger partial charge in [0.05, 0.1) is 18.1 Å². The predicted octanol–water partition coefficient (Wildman–Crippen LogP) is 2.31. The van der Waals surface area contributed by atoms with Crippen LogP contribution in [0, 0.1) is 34.0 Å². The van der Waals surface area contributed by atoms with Crippen molar-refractivity contribution < 1.29 is 0 Å². The summed E-state index contributed by atoms with van der Waals surface area (Å²) in [6.07, 6.45) is 4.21. The van der Waals surface area contributed by atoms with E-state index in [9.17, 15) is 10.5 Å². The van der Waals surface area contributed by atoms with E-state index in [2.05, 4.69) is 40.2 Å². The molecule has 0 aliphatic carbocycles. The average Bonchev–Trinajstić information content (AvgIpc) is 2.75. The zero-order valence-electron chi connectivity index (χ0n) is 16.0. The second-order valence-electron chi connectivity index (χ2n) is 6.71. The first kappa shape index (κ1) is 19.9. The van der Waals surface area contributed by atoms with Crippen LogP contribution in [0.25, 0.3) is 6.08 Å². The molecule has 29 heavy (non-hydrogen) atoms. The molecule has 144 valence electrons. The molecular formula is C22H21N7. The number of piperazine rings is 1. The topological polar surface area (TPSA) is 117 Å². The lowest BCUT2D eigenvalue weighted by Crippen LogP contribution is -2.47. The van der Waals surface area contributed by atoms with Gasteiger partial charge in [-0.1, -0.05) is 42.5 Å². The summed E-state index contributed by atoms with van der Waals surface area (Å²) in [5, 5.41) is 28.1. The third kappa shape index (κ3) is 4.52. The van der Waals surface area contributed by atoms with E-state index >= 15 is 0 Å². The number of aromatic nitrogens is 1. The lowest BCUT2D eigenvalue weighted by Gasteiger charge is -2.35. The van der Waals surface area contributed by atoms with Gasteiger partial charge in [0.2, 0.25) is 0 Å². The zero-order chi connectivity index (χ0) is 20.6. The van der Waals surface area contributed by atoms with Crippen molar-refractivity contribution >= 4 is 17.7 Å². The number of hydrogen-bond acceptors (Lipinski definition) is 7. The van der Waals surface area contributed by atoms with Crippen LogP contribution >= 0.6 is 0 Å². The average molecular weight is 383 g/mol. The monoisotopic (exact) mass is 383 g/mol. The lowest BCUT2D eigenvalue weighted by atomic mass is 10.0. The van der Waals surface area contributed by atoms with Gasteiger partial charge in [-0.25, -0.2) is 4.98 Å². The van der Waals surface area contributed by atoms with E-state index in [1.165, 1.54) is 5.56 Å². The summed E-state index contributed by atoms with van der Waals surface area (Å²) < 4.78 is 0. The highest BCUT2D eigenvalue weighted by molar-refractivity contribution is 5.69. The second-order valence-corrected chi connectivity index (χ2v) is 6.71. The van der Waals surface area contributed by atoms with Gasteiger partial charge in [0.25, 0.3) is 0 Å². The molecule has 1 aromatic heterocycles. The van der Waals surface area contributed by atoms with Gasteiger partial charge in [0, 0.05) is 38.3 Å². The first-order valence-electron chi connectivity index (χ1n) is 9.36. The van der Waals surface area contributed by atoms with Crippen LogP contribution in [0.5, 0.6) is 0 Å². The molecule has 1 aromatic carbocycles. The lowest BCUT2D eigenvalue weighted by molar-refractivity contribution is 0.283. The van der Waals surface area contributed by atoms with E-state index in [0.29, 0.717) is 24.5 Å². The smallest absolute Gasteiger partial charge is 0.149 e. The number of hydrogen-bond donors (Lipinski definition) is 1. The Labute approximate surface area is 170 Å². The zero-order valence-corrected chi connectivity index (χ0v) is 16.0. The van der Waals surface area contributed by atoms with Crippen molar-refractivity contribution in [2.45, 2.75) is 6.42 Å². The molecule has 2 heterocycles. The first-order valence-corrected chi connectivity index (χ1v) is 9.36. The molecule has 2 aromatic rings. The highest BCUT2D eigenvalue weighted by atomic mass is 15.3. The van der Waals surface area contributed by atoms with Crippen molar-refractivity contribution in [1.29, 1.82) is 15.8 Å². The Hall–Kier alpha value is -3.86. The molecule has 0 amide bonds. The molecule has 7 heteroatoms. The fraction of sp³-hybridized carbons (Fsp3) is 0.273. The van der Waals surface area contributed by atoms with Crippen molar-refractivity contribution in [3.63, 3.8) is 0 Å². The minimum atomic E-state index is -0.0459. The molecule has 2 N–H and O–H groups in total. The van der Waals surface area contributed by atoms with E-state index in [1.54, 1.807) is 0 Å². The number of anilines is 2. The molecule has 0 bridgehead atoms. The largest absolute Gasteiger partial charge is 0.383 e. The fourth-order valence-corrected chi connectivity index (χ4v) is 3.41. The Morgan fingerprint density at radius 1 is 1.00 bits per heavy atom. The minimum absolute atomic E-state index is 0.0459. The van der Waals surface area contributed by atoms with Gasteiger partial charge < -0.3 is 10.6 Å². The Kier molecular flexibility index (Phi) is 6.43. The number of benzene rings is 1. The number of rotatable bonds is 5. The number of pyridine rings is 1. The van der Waals surface area contributed by atoms with Crippen LogP contribution in [0.1, 0.15) is 22.3 Å². The molecule has 0 unspecified atom stereocenters. The first-order chi connectivity index (χ1) is 14.2. The summed E-state index contributed by atoms with van der Waals surface area (Å²) in [6.45, 7) is 3.87. The molecule has 1 aliphatic heterocycles. The Bertz CT molecular complexity index is 1010. The second kappa shape index (κ2) is 9.37. The van der Waals surface area contributed by atoms with Gasteiger partial charge in [0.1, 0.15) is 29.3 Å². The standard InChI is InChI=1S/C22H21N7/c23-9-8-18-19(15-24)21(26)27-22(20(18)16-25)29-13-11-28(12-14-29)10-4-7-17-5-2-1-3-6-17/h1-7H,8,10-14H2,(H2,26,27)/b7-4+. The molecule has 0 saturated carbocycles.